The standard InChI is InChI=1S/C20H22FNO4/c21-19-4-2-1-3-17(19)14-26-18-7-5-16(6-8-18)20(24)22-9-10-25-13-15(11-22)12-23/h1-8,15,23H,9-14H2/t15-/m0/s1. The Bertz CT molecular complexity index is 735. The number of carbonyl (C=O) groups is 1. The number of aliphatic hydroxyl groups is 1. The SMILES string of the molecule is O=C(c1ccc(OCc2ccccc2F)cc1)N1CCOC[C@H](CO)C1. The fourth-order valence-corrected chi connectivity index (χ4v) is 2.83. The molecule has 0 radical (unpaired) electrons. The summed E-state index contributed by atoms with van der Waals surface area (Å²) in [6.07, 6.45) is 0. The van der Waals surface area contributed by atoms with Crippen LogP contribution in [0.15, 0.2) is 48.5 Å². The molecule has 1 saturated heterocycles. The van der Waals surface area contributed by atoms with Crippen LogP contribution in [0.2, 0.25) is 0 Å². The van der Waals surface area contributed by atoms with Gasteiger partial charge in [0.2, 0.25) is 0 Å². The fraction of sp³-hybridized carbons (Fsp3) is 0.350. The molecular weight excluding hydrogens is 337 g/mol. The number of carbonyl (C=O) groups excluding carboxylic acids is 1. The molecule has 0 aliphatic carbocycles. The van der Waals surface area contributed by atoms with Gasteiger partial charge >= 0.3 is 0 Å². The van der Waals surface area contributed by atoms with Gasteiger partial charge in [-0.3, -0.25) is 4.79 Å². The lowest BCUT2D eigenvalue weighted by molar-refractivity contribution is 0.0728. The van der Waals surface area contributed by atoms with Gasteiger partial charge in [0.25, 0.3) is 5.91 Å². The maximum atomic E-state index is 13.6. The summed E-state index contributed by atoms with van der Waals surface area (Å²) in [6.45, 7) is 2.02. The number of hydrogen-bond donors (Lipinski definition) is 1. The first-order valence-electron chi connectivity index (χ1n) is 8.61. The molecule has 2 aromatic carbocycles. The molecule has 1 heterocycles. The van der Waals surface area contributed by atoms with Gasteiger partial charge in [-0.1, -0.05) is 18.2 Å². The van der Waals surface area contributed by atoms with Crippen molar-refractivity contribution in [3.05, 3.63) is 65.5 Å². The molecule has 0 saturated carbocycles. The molecule has 26 heavy (non-hydrogen) atoms. The van der Waals surface area contributed by atoms with E-state index in [0.29, 0.717) is 43.2 Å². The lowest BCUT2D eigenvalue weighted by Gasteiger charge is -2.22. The molecule has 1 aliphatic heterocycles. The molecule has 138 valence electrons. The Balaban J connectivity index is 1.61. The molecule has 2 aromatic rings. The van der Waals surface area contributed by atoms with Crippen LogP contribution in [-0.2, 0) is 11.3 Å². The molecule has 0 aromatic heterocycles. The van der Waals surface area contributed by atoms with Crippen molar-refractivity contribution >= 4 is 5.91 Å². The fourth-order valence-electron chi connectivity index (χ4n) is 2.83. The second kappa shape index (κ2) is 8.78. The predicted octanol–water partition coefficient (Wildman–Crippen LogP) is 2.49. The van der Waals surface area contributed by atoms with Crippen molar-refractivity contribution in [3.8, 4) is 5.75 Å². The summed E-state index contributed by atoms with van der Waals surface area (Å²) in [4.78, 5) is 14.3. The molecule has 0 unspecified atom stereocenters. The van der Waals surface area contributed by atoms with E-state index >= 15 is 0 Å². The summed E-state index contributed by atoms with van der Waals surface area (Å²) >= 11 is 0. The van der Waals surface area contributed by atoms with Gasteiger partial charge in [0.05, 0.1) is 13.2 Å². The van der Waals surface area contributed by atoms with E-state index in [1.54, 1.807) is 47.4 Å². The molecule has 1 aliphatic rings. The Kier molecular flexibility index (Phi) is 6.20. The van der Waals surface area contributed by atoms with Crippen molar-refractivity contribution in [2.75, 3.05) is 32.9 Å². The molecule has 0 bridgehead atoms. The Morgan fingerprint density at radius 1 is 1.23 bits per heavy atom. The van der Waals surface area contributed by atoms with Crippen molar-refractivity contribution in [2.45, 2.75) is 6.61 Å². The summed E-state index contributed by atoms with van der Waals surface area (Å²) in [6, 6.07) is 13.2. The molecule has 5 nitrogen and oxygen atoms in total. The zero-order chi connectivity index (χ0) is 18.4. The summed E-state index contributed by atoms with van der Waals surface area (Å²) in [5, 5.41) is 9.33. The minimum atomic E-state index is -0.305. The van der Waals surface area contributed by atoms with Gasteiger partial charge in [-0.15, -0.1) is 0 Å². The van der Waals surface area contributed by atoms with Crippen LogP contribution < -0.4 is 4.74 Å². The Labute approximate surface area is 152 Å². The monoisotopic (exact) mass is 359 g/mol. The Hall–Kier alpha value is -2.44. The van der Waals surface area contributed by atoms with E-state index in [2.05, 4.69) is 0 Å². The van der Waals surface area contributed by atoms with E-state index in [1.165, 1.54) is 6.07 Å². The molecule has 1 atom stereocenters. The van der Waals surface area contributed by atoms with Gasteiger partial charge in [0.15, 0.2) is 0 Å². The van der Waals surface area contributed by atoms with Crippen molar-refractivity contribution in [1.82, 2.24) is 4.90 Å². The lowest BCUT2D eigenvalue weighted by Crippen LogP contribution is -2.36. The van der Waals surface area contributed by atoms with E-state index in [9.17, 15) is 14.3 Å². The summed E-state index contributed by atoms with van der Waals surface area (Å²) < 4.78 is 24.6. The van der Waals surface area contributed by atoms with Crippen LogP contribution in [0.1, 0.15) is 15.9 Å². The summed E-state index contributed by atoms with van der Waals surface area (Å²) in [5.74, 6) is 0.0952. The zero-order valence-electron chi connectivity index (χ0n) is 14.4. The van der Waals surface area contributed by atoms with Gasteiger partial charge in [-0.2, -0.15) is 0 Å². The van der Waals surface area contributed by atoms with Crippen LogP contribution in [-0.4, -0.2) is 48.8 Å². The largest absolute Gasteiger partial charge is 0.489 e. The number of hydrogen-bond acceptors (Lipinski definition) is 4. The number of rotatable bonds is 5. The van der Waals surface area contributed by atoms with Gasteiger partial charge in [-0.25, -0.2) is 4.39 Å². The highest BCUT2D eigenvalue weighted by Gasteiger charge is 2.23. The first-order valence-corrected chi connectivity index (χ1v) is 8.61. The smallest absolute Gasteiger partial charge is 0.253 e. The van der Waals surface area contributed by atoms with Gasteiger partial charge < -0.3 is 19.5 Å². The maximum Gasteiger partial charge on any atom is 0.253 e. The van der Waals surface area contributed by atoms with Crippen LogP contribution in [0.25, 0.3) is 0 Å². The Morgan fingerprint density at radius 2 is 2.00 bits per heavy atom. The topological polar surface area (TPSA) is 59.0 Å². The van der Waals surface area contributed by atoms with Gasteiger partial charge in [0, 0.05) is 36.7 Å². The molecule has 3 rings (SSSR count). The van der Waals surface area contributed by atoms with E-state index in [0.717, 1.165) is 0 Å². The molecule has 6 heteroatoms. The average Bonchev–Trinajstić information content (AvgIpc) is 2.93. The minimum absolute atomic E-state index is 0.00734. The molecule has 1 N–H and O–H groups in total. The van der Waals surface area contributed by atoms with E-state index < -0.39 is 0 Å². The maximum absolute atomic E-state index is 13.6. The first-order chi connectivity index (χ1) is 12.7. The van der Waals surface area contributed by atoms with E-state index in [-0.39, 0.29) is 30.9 Å². The predicted molar refractivity (Wildman–Crippen MR) is 94.5 cm³/mol. The lowest BCUT2D eigenvalue weighted by atomic mass is 10.1. The summed E-state index contributed by atoms with van der Waals surface area (Å²) in [5.41, 5.74) is 1.02. The van der Waals surface area contributed by atoms with Crippen LogP contribution in [0.5, 0.6) is 5.75 Å². The van der Waals surface area contributed by atoms with E-state index in [1.807, 2.05) is 0 Å². The quantitative estimate of drug-likeness (QED) is 0.891. The summed E-state index contributed by atoms with van der Waals surface area (Å²) in [7, 11) is 0. The van der Waals surface area contributed by atoms with Crippen LogP contribution in [0.3, 0.4) is 0 Å². The highest BCUT2D eigenvalue weighted by molar-refractivity contribution is 5.94. The number of benzene rings is 2. The normalized spacial score (nSPS) is 17.6. The number of ether oxygens (including phenoxy) is 2. The third kappa shape index (κ3) is 4.59. The van der Waals surface area contributed by atoms with E-state index in [4.69, 9.17) is 9.47 Å². The Morgan fingerprint density at radius 3 is 2.73 bits per heavy atom. The van der Waals surface area contributed by atoms with Crippen LogP contribution in [0, 0.1) is 11.7 Å². The van der Waals surface area contributed by atoms with Crippen molar-refractivity contribution in [1.29, 1.82) is 0 Å². The third-order valence-corrected chi connectivity index (χ3v) is 4.34. The number of amides is 1. The molecule has 1 amide bonds. The number of halogens is 1. The van der Waals surface area contributed by atoms with Crippen LogP contribution >= 0.6 is 0 Å². The highest BCUT2D eigenvalue weighted by Crippen LogP contribution is 2.18. The van der Waals surface area contributed by atoms with Crippen LogP contribution in [0.4, 0.5) is 4.39 Å². The number of nitrogens with zero attached hydrogens (tertiary/aromatic N) is 1. The molecular formula is C20H22FNO4. The number of aliphatic hydroxyl groups excluding tert-OH is 1. The minimum Gasteiger partial charge on any atom is -0.489 e. The van der Waals surface area contributed by atoms with Crippen molar-refractivity contribution in [2.24, 2.45) is 5.92 Å². The average molecular weight is 359 g/mol. The second-order valence-corrected chi connectivity index (χ2v) is 6.28. The second-order valence-electron chi connectivity index (χ2n) is 6.28. The highest BCUT2D eigenvalue weighted by atomic mass is 19.1. The first kappa shape index (κ1) is 18.4. The zero-order valence-corrected chi connectivity index (χ0v) is 14.4. The van der Waals surface area contributed by atoms with Crippen molar-refractivity contribution in [3.63, 3.8) is 0 Å². The van der Waals surface area contributed by atoms with Gasteiger partial charge in [0.1, 0.15) is 18.2 Å². The van der Waals surface area contributed by atoms with Crippen molar-refractivity contribution < 1.29 is 23.8 Å². The molecule has 1 fully saturated rings. The molecule has 0 spiro atoms. The van der Waals surface area contributed by atoms with Gasteiger partial charge in [-0.05, 0) is 30.3 Å². The third-order valence-electron chi connectivity index (χ3n) is 4.34.